The fraction of sp³-hybridized carbons (Fsp3) is 0.636. The highest BCUT2D eigenvalue weighted by molar-refractivity contribution is 5.20. The predicted octanol–water partition coefficient (Wildman–Crippen LogP) is 0.931. The van der Waals surface area contributed by atoms with E-state index in [2.05, 4.69) is 17.2 Å². The number of hydrogen-bond donors (Lipinski definition) is 1. The Morgan fingerprint density at radius 2 is 2.22 bits per heavy atom. The SMILES string of the molecule is CCCNCCCCn1cc([N+](=O)[O-])cnc1=O. The van der Waals surface area contributed by atoms with Crippen LogP contribution in [-0.2, 0) is 6.54 Å². The number of rotatable bonds is 8. The highest BCUT2D eigenvalue weighted by atomic mass is 16.6. The van der Waals surface area contributed by atoms with Crippen LogP contribution in [0.2, 0.25) is 0 Å². The summed E-state index contributed by atoms with van der Waals surface area (Å²) in [5.74, 6) is 0. The Balaban J connectivity index is 2.44. The van der Waals surface area contributed by atoms with Gasteiger partial charge < -0.3 is 5.32 Å². The van der Waals surface area contributed by atoms with Crippen molar-refractivity contribution in [2.75, 3.05) is 13.1 Å². The molecule has 0 amide bonds. The minimum atomic E-state index is -0.550. The van der Waals surface area contributed by atoms with Gasteiger partial charge in [-0.25, -0.2) is 4.79 Å². The first-order valence-corrected chi connectivity index (χ1v) is 6.06. The fourth-order valence-corrected chi connectivity index (χ4v) is 1.53. The zero-order valence-corrected chi connectivity index (χ0v) is 10.5. The summed E-state index contributed by atoms with van der Waals surface area (Å²) in [6, 6.07) is 0. The van der Waals surface area contributed by atoms with Crippen LogP contribution in [0, 0.1) is 10.1 Å². The second kappa shape index (κ2) is 7.54. The van der Waals surface area contributed by atoms with Crippen LogP contribution < -0.4 is 11.0 Å². The van der Waals surface area contributed by atoms with Crippen LogP contribution in [0.4, 0.5) is 5.69 Å². The Morgan fingerprint density at radius 1 is 1.44 bits per heavy atom. The topological polar surface area (TPSA) is 90.1 Å². The van der Waals surface area contributed by atoms with Gasteiger partial charge in [0.1, 0.15) is 6.20 Å². The molecule has 0 bridgehead atoms. The first kappa shape index (κ1) is 14.3. The van der Waals surface area contributed by atoms with E-state index in [0.717, 1.165) is 38.5 Å². The Bertz CT molecular complexity index is 444. The van der Waals surface area contributed by atoms with E-state index in [0.29, 0.717) is 6.54 Å². The van der Waals surface area contributed by atoms with Crippen molar-refractivity contribution in [3.05, 3.63) is 33.0 Å². The van der Waals surface area contributed by atoms with E-state index in [4.69, 9.17) is 0 Å². The summed E-state index contributed by atoms with van der Waals surface area (Å²) in [6.45, 7) is 4.44. The maximum Gasteiger partial charge on any atom is 0.347 e. The predicted molar refractivity (Wildman–Crippen MR) is 67.5 cm³/mol. The van der Waals surface area contributed by atoms with Gasteiger partial charge in [-0.05, 0) is 32.4 Å². The Labute approximate surface area is 105 Å². The molecule has 1 aromatic rings. The first-order valence-electron chi connectivity index (χ1n) is 6.06. The largest absolute Gasteiger partial charge is 0.347 e. The lowest BCUT2D eigenvalue weighted by Crippen LogP contribution is -2.23. The van der Waals surface area contributed by atoms with E-state index in [1.54, 1.807) is 0 Å². The molecular formula is C11H18N4O3. The molecule has 7 nitrogen and oxygen atoms in total. The number of nitrogens with one attached hydrogen (secondary N) is 1. The third-order valence-corrected chi connectivity index (χ3v) is 2.48. The molecule has 0 saturated carbocycles. The zero-order valence-electron chi connectivity index (χ0n) is 10.5. The average Bonchev–Trinajstić information content (AvgIpc) is 2.35. The monoisotopic (exact) mass is 254 g/mol. The normalized spacial score (nSPS) is 10.5. The third-order valence-electron chi connectivity index (χ3n) is 2.48. The van der Waals surface area contributed by atoms with Gasteiger partial charge in [-0.15, -0.1) is 0 Å². The van der Waals surface area contributed by atoms with Crippen molar-refractivity contribution in [2.24, 2.45) is 0 Å². The number of hydrogen-bond acceptors (Lipinski definition) is 5. The maximum atomic E-state index is 11.4. The standard InChI is InChI=1S/C11H18N4O3/c1-2-5-12-6-3-4-7-14-9-10(15(17)18)8-13-11(14)16/h8-9,12H,2-7H2,1H3. The third kappa shape index (κ3) is 4.62. The quantitative estimate of drug-likeness (QED) is 0.423. The Hall–Kier alpha value is -1.76. The summed E-state index contributed by atoms with van der Waals surface area (Å²) in [6.07, 6.45) is 5.04. The summed E-state index contributed by atoms with van der Waals surface area (Å²) >= 11 is 0. The average molecular weight is 254 g/mol. The molecule has 0 unspecified atom stereocenters. The molecule has 0 aliphatic heterocycles. The van der Waals surface area contributed by atoms with Crippen molar-refractivity contribution in [1.29, 1.82) is 0 Å². The second-order valence-corrected chi connectivity index (χ2v) is 4.00. The number of aryl methyl sites for hydroxylation is 1. The molecule has 0 aliphatic rings. The molecule has 0 aromatic carbocycles. The number of nitrogens with zero attached hydrogens (tertiary/aromatic N) is 3. The van der Waals surface area contributed by atoms with Crippen LogP contribution in [0.25, 0.3) is 0 Å². The van der Waals surface area contributed by atoms with E-state index in [-0.39, 0.29) is 5.69 Å². The van der Waals surface area contributed by atoms with Gasteiger partial charge in [-0.2, -0.15) is 4.98 Å². The van der Waals surface area contributed by atoms with Crippen molar-refractivity contribution in [1.82, 2.24) is 14.9 Å². The summed E-state index contributed by atoms with van der Waals surface area (Å²) in [5.41, 5.74) is -0.596. The lowest BCUT2D eigenvalue weighted by atomic mass is 10.3. The van der Waals surface area contributed by atoms with Crippen molar-refractivity contribution in [2.45, 2.75) is 32.7 Å². The molecule has 0 radical (unpaired) electrons. The zero-order chi connectivity index (χ0) is 13.4. The summed E-state index contributed by atoms with van der Waals surface area (Å²) in [5, 5.41) is 13.8. The van der Waals surface area contributed by atoms with E-state index >= 15 is 0 Å². The van der Waals surface area contributed by atoms with Crippen molar-refractivity contribution in [3.63, 3.8) is 0 Å². The highest BCUT2D eigenvalue weighted by Gasteiger charge is 2.08. The molecule has 0 aliphatic carbocycles. The maximum absolute atomic E-state index is 11.4. The van der Waals surface area contributed by atoms with Gasteiger partial charge in [0.25, 0.3) is 0 Å². The molecule has 7 heteroatoms. The molecule has 0 saturated heterocycles. The number of nitro groups is 1. The number of aromatic nitrogens is 2. The Morgan fingerprint density at radius 3 is 2.89 bits per heavy atom. The minimum Gasteiger partial charge on any atom is -0.317 e. The smallest absolute Gasteiger partial charge is 0.317 e. The second-order valence-electron chi connectivity index (χ2n) is 4.00. The van der Waals surface area contributed by atoms with Crippen molar-refractivity contribution < 1.29 is 4.92 Å². The van der Waals surface area contributed by atoms with Crippen molar-refractivity contribution >= 4 is 5.69 Å². The molecular weight excluding hydrogens is 236 g/mol. The van der Waals surface area contributed by atoms with Gasteiger partial charge in [0.15, 0.2) is 0 Å². The van der Waals surface area contributed by atoms with Gasteiger partial charge in [-0.3, -0.25) is 14.7 Å². The molecule has 0 spiro atoms. The molecule has 1 aromatic heterocycles. The molecule has 0 fully saturated rings. The summed E-state index contributed by atoms with van der Waals surface area (Å²) in [7, 11) is 0. The van der Waals surface area contributed by atoms with Gasteiger partial charge in [0.2, 0.25) is 0 Å². The van der Waals surface area contributed by atoms with Crippen LogP contribution >= 0.6 is 0 Å². The molecule has 0 atom stereocenters. The lowest BCUT2D eigenvalue weighted by molar-refractivity contribution is -0.385. The van der Waals surface area contributed by atoms with Crippen LogP contribution in [0.15, 0.2) is 17.2 Å². The first-order chi connectivity index (χ1) is 8.65. The van der Waals surface area contributed by atoms with E-state index < -0.39 is 10.6 Å². The van der Waals surface area contributed by atoms with Crippen LogP contribution in [0.3, 0.4) is 0 Å². The molecule has 1 rings (SSSR count). The summed E-state index contributed by atoms with van der Waals surface area (Å²) in [4.78, 5) is 24.9. The van der Waals surface area contributed by atoms with Crippen molar-refractivity contribution in [3.8, 4) is 0 Å². The molecule has 100 valence electrons. The van der Waals surface area contributed by atoms with Gasteiger partial charge in [-0.1, -0.05) is 6.92 Å². The van der Waals surface area contributed by atoms with Crippen LogP contribution in [0.1, 0.15) is 26.2 Å². The molecule has 18 heavy (non-hydrogen) atoms. The van der Waals surface area contributed by atoms with Crippen LogP contribution in [-0.4, -0.2) is 27.6 Å². The molecule has 1 heterocycles. The van der Waals surface area contributed by atoms with Gasteiger partial charge in [0.05, 0.1) is 11.1 Å². The van der Waals surface area contributed by atoms with Crippen LogP contribution in [0.5, 0.6) is 0 Å². The van der Waals surface area contributed by atoms with Gasteiger partial charge in [0, 0.05) is 6.54 Å². The Kier molecular flexibility index (Phi) is 5.99. The minimum absolute atomic E-state index is 0.154. The summed E-state index contributed by atoms with van der Waals surface area (Å²) < 4.78 is 1.29. The van der Waals surface area contributed by atoms with Gasteiger partial charge >= 0.3 is 11.4 Å². The molecule has 1 N–H and O–H groups in total. The highest BCUT2D eigenvalue weighted by Crippen LogP contribution is 2.05. The number of unbranched alkanes of at least 4 members (excludes halogenated alkanes) is 1. The van der Waals surface area contributed by atoms with E-state index in [1.165, 1.54) is 10.8 Å². The fourth-order valence-electron chi connectivity index (χ4n) is 1.53. The lowest BCUT2D eigenvalue weighted by Gasteiger charge is -2.05. The van der Waals surface area contributed by atoms with E-state index in [9.17, 15) is 14.9 Å². The van der Waals surface area contributed by atoms with E-state index in [1.807, 2.05) is 0 Å².